The SMILES string of the molecule is N#Cc1ccccc1OCC(=O)N/N=C\c1cccc(C(F)(F)F)c1. The highest BCUT2D eigenvalue weighted by atomic mass is 19.4. The van der Waals surface area contributed by atoms with Gasteiger partial charge in [-0.15, -0.1) is 0 Å². The van der Waals surface area contributed by atoms with Crippen molar-refractivity contribution in [1.29, 1.82) is 5.26 Å². The Balaban J connectivity index is 1.90. The molecule has 0 aliphatic carbocycles. The van der Waals surface area contributed by atoms with Crippen LogP contribution in [0.25, 0.3) is 0 Å². The average Bonchev–Trinajstić information content (AvgIpc) is 2.59. The van der Waals surface area contributed by atoms with E-state index in [4.69, 9.17) is 10.00 Å². The summed E-state index contributed by atoms with van der Waals surface area (Å²) in [5.41, 5.74) is 1.80. The first-order valence-electron chi connectivity index (χ1n) is 7.01. The van der Waals surface area contributed by atoms with Crippen molar-refractivity contribution in [3.63, 3.8) is 0 Å². The minimum Gasteiger partial charge on any atom is -0.482 e. The lowest BCUT2D eigenvalue weighted by molar-refractivity contribution is -0.137. The minimum absolute atomic E-state index is 0.186. The first-order valence-corrected chi connectivity index (χ1v) is 7.01. The topological polar surface area (TPSA) is 74.5 Å². The highest BCUT2D eigenvalue weighted by molar-refractivity contribution is 5.83. The number of amides is 1. The molecular formula is C17H12F3N3O2. The number of hydrazone groups is 1. The molecule has 0 saturated carbocycles. The highest BCUT2D eigenvalue weighted by Gasteiger charge is 2.30. The lowest BCUT2D eigenvalue weighted by Crippen LogP contribution is -2.24. The van der Waals surface area contributed by atoms with E-state index in [9.17, 15) is 18.0 Å². The third-order valence-corrected chi connectivity index (χ3v) is 2.98. The van der Waals surface area contributed by atoms with Gasteiger partial charge in [0.05, 0.1) is 17.3 Å². The van der Waals surface area contributed by atoms with E-state index in [0.29, 0.717) is 0 Å². The summed E-state index contributed by atoms with van der Waals surface area (Å²) in [4.78, 5) is 11.6. The molecular weight excluding hydrogens is 335 g/mol. The lowest BCUT2D eigenvalue weighted by atomic mass is 10.1. The van der Waals surface area contributed by atoms with Gasteiger partial charge in [-0.2, -0.15) is 23.5 Å². The van der Waals surface area contributed by atoms with Gasteiger partial charge in [0.15, 0.2) is 6.61 Å². The normalized spacial score (nSPS) is 11.1. The molecule has 8 heteroatoms. The van der Waals surface area contributed by atoms with Crippen LogP contribution in [0.4, 0.5) is 13.2 Å². The van der Waals surface area contributed by atoms with Crippen LogP contribution in [-0.4, -0.2) is 18.7 Å². The number of nitrogens with zero attached hydrogens (tertiary/aromatic N) is 2. The van der Waals surface area contributed by atoms with Crippen LogP contribution < -0.4 is 10.2 Å². The predicted molar refractivity (Wildman–Crippen MR) is 83.8 cm³/mol. The predicted octanol–water partition coefficient (Wildman–Crippen LogP) is 3.11. The molecule has 0 aliphatic heterocycles. The summed E-state index contributed by atoms with van der Waals surface area (Å²) >= 11 is 0. The summed E-state index contributed by atoms with van der Waals surface area (Å²) in [5, 5.41) is 12.5. The zero-order valence-electron chi connectivity index (χ0n) is 12.7. The van der Waals surface area contributed by atoms with Crippen molar-refractivity contribution in [1.82, 2.24) is 5.43 Å². The van der Waals surface area contributed by atoms with Crippen LogP contribution in [0.3, 0.4) is 0 Å². The van der Waals surface area contributed by atoms with Crippen LogP contribution in [0.1, 0.15) is 16.7 Å². The summed E-state index contributed by atoms with van der Waals surface area (Å²) < 4.78 is 43.0. The van der Waals surface area contributed by atoms with Gasteiger partial charge in [0.2, 0.25) is 0 Å². The molecule has 0 fully saturated rings. The van der Waals surface area contributed by atoms with Crippen LogP contribution in [0.5, 0.6) is 5.75 Å². The smallest absolute Gasteiger partial charge is 0.416 e. The number of rotatable bonds is 5. The van der Waals surface area contributed by atoms with Crippen molar-refractivity contribution in [3.05, 3.63) is 65.2 Å². The van der Waals surface area contributed by atoms with E-state index in [0.717, 1.165) is 18.3 Å². The number of carbonyl (C=O) groups is 1. The quantitative estimate of drug-likeness (QED) is 0.667. The van der Waals surface area contributed by atoms with Gasteiger partial charge in [-0.05, 0) is 29.8 Å². The number of nitrogens with one attached hydrogen (secondary N) is 1. The van der Waals surface area contributed by atoms with Gasteiger partial charge in [-0.3, -0.25) is 4.79 Å². The molecule has 0 atom stereocenters. The molecule has 0 spiro atoms. The number of nitriles is 1. The van der Waals surface area contributed by atoms with Crippen molar-refractivity contribution in [3.8, 4) is 11.8 Å². The van der Waals surface area contributed by atoms with Crippen molar-refractivity contribution in [2.24, 2.45) is 5.10 Å². The number of hydrogen-bond acceptors (Lipinski definition) is 4. The maximum Gasteiger partial charge on any atom is 0.416 e. The third kappa shape index (κ3) is 5.35. The van der Waals surface area contributed by atoms with E-state index in [1.807, 2.05) is 6.07 Å². The van der Waals surface area contributed by atoms with Crippen LogP contribution in [0, 0.1) is 11.3 Å². The first-order chi connectivity index (χ1) is 11.9. The average molecular weight is 347 g/mol. The molecule has 1 amide bonds. The molecule has 2 aromatic rings. The monoisotopic (exact) mass is 347 g/mol. The maximum absolute atomic E-state index is 12.6. The number of para-hydroxylation sites is 1. The molecule has 0 radical (unpaired) electrons. The Labute approximate surface area is 141 Å². The molecule has 5 nitrogen and oxygen atoms in total. The number of carbonyl (C=O) groups excluding carboxylic acids is 1. The summed E-state index contributed by atoms with van der Waals surface area (Å²) in [6, 6.07) is 12.8. The minimum atomic E-state index is -4.45. The summed E-state index contributed by atoms with van der Waals surface area (Å²) in [6.45, 7) is -0.390. The van der Waals surface area contributed by atoms with Crippen LogP contribution in [0.15, 0.2) is 53.6 Å². The van der Waals surface area contributed by atoms with Gasteiger partial charge >= 0.3 is 6.18 Å². The Bertz CT molecular complexity index is 826. The summed E-state index contributed by atoms with van der Waals surface area (Å²) in [6.07, 6.45) is -3.36. The van der Waals surface area contributed by atoms with Gasteiger partial charge in [-0.1, -0.05) is 24.3 Å². The molecule has 0 saturated heterocycles. The second kappa shape index (κ2) is 7.97. The van der Waals surface area contributed by atoms with Gasteiger partial charge in [0.1, 0.15) is 11.8 Å². The Hall–Kier alpha value is -3.34. The molecule has 2 aromatic carbocycles. The van der Waals surface area contributed by atoms with Gasteiger partial charge in [-0.25, -0.2) is 5.43 Å². The molecule has 0 aromatic heterocycles. The second-order valence-electron chi connectivity index (χ2n) is 4.81. The zero-order valence-corrected chi connectivity index (χ0v) is 12.7. The van der Waals surface area contributed by atoms with Gasteiger partial charge in [0.25, 0.3) is 5.91 Å². The van der Waals surface area contributed by atoms with Gasteiger partial charge < -0.3 is 4.74 Å². The number of benzene rings is 2. The Morgan fingerprint density at radius 3 is 2.72 bits per heavy atom. The Morgan fingerprint density at radius 2 is 2.00 bits per heavy atom. The molecule has 0 unspecified atom stereocenters. The molecule has 0 aliphatic rings. The van der Waals surface area contributed by atoms with E-state index >= 15 is 0 Å². The van der Waals surface area contributed by atoms with Crippen LogP contribution in [0.2, 0.25) is 0 Å². The fourth-order valence-corrected chi connectivity index (χ4v) is 1.83. The molecule has 2 rings (SSSR count). The second-order valence-corrected chi connectivity index (χ2v) is 4.81. The summed E-state index contributed by atoms with van der Waals surface area (Å²) in [5.74, 6) is -0.363. The molecule has 1 N–H and O–H groups in total. The van der Waals surface area contributed by atoms with Crippen molar-refractivity contribution in [2.45, 2.75) is 6.18 Å². The van der Waals surface area contributed by atoms with Crippen LogP contribution >= 0.6 is 0 Å². The lowest BCUT2D eigenvalue weighted by Gasteiger charge is -2.07. The van der Waals surface area contributed by atoms with E-state index in [2.05, 4.69) is 10.5 Å². The fourth-order valence-electron chi connectivity index (χ4n) is 1.83. The van der Waals surface area contributed by atoms with E-state index < -0.39 is 24.3 Å². The Kier molecular flexibility index (Phi) is 5.74. The number of halogens is 3. The molecule has 25 heavy (non-hydrogen) atoms. The number of hydrogen-bond donors (Lipinski definition) is 1. The van der Waals surface area contributed by atoms with E-state index in [1.165, 1.54) is 18.2 Å². The molecule has 0 heterocycles. The van der Waals surface area contributed by atoms with Crippen molar-refractivity contribution in [2.75, 3.05) is 6.61 Å². The standard InChI is InChI=1S/C17H12F3N3O2/c18-17(19,20)14-6-3-4-12(8-14)10-22-23-16(24)11-25-15-7-2-1-5-13(15)9-21/h1-8,10H,11H2,(H,23,24)/b22-10-. The highest BCUT2D eigenvalue weighted by Crippen LogP contribution is 2.29. The van der Waals surface area contributed by atoms with Crippen LogP contribution in [-0.2, 0) is 11.0 Å². The summed E-state index contributed by atoms with van der Waals surface area (Å²) in [7, 11) is 0. The largest absolute Gasteiger partial charge is 0.482 e. The Morgan fingerprint density at radius 1 is 1.24 bits per heavy atom. The van der Waals surface area contributed by atoms with Crippen molar-refractivity contribution < 1.29 is 22.7 Å². The zero-order chi connectivity index (χ0) is 18.3. The number of ether oxygens (including phenoxy) is 1. The fraction of sp³-hybridized carbons (Fsp3) is 0.118. The molecule has 128 valence electrons. The van der Waals surface area contributed by atoms with Crippen molar-refractivity contribution >= 4 is 12.1 Å². The number of alkyl halides is 3. The van der Waals surface area contributed by atoms with E-state index in [-0.39, 0.29) is 16.9 Å². The van der Waals surface area contributed by atoms with E-state index in [1.54, 1.807) is 18.2 Å². The molecule has 0 bridgehead atoms. The maximum atomic E-state index is 12.6. The third-order valence-electron chi connectivity index (χ3n) is 2.98. The first kappa shape index (κ1) is 18.0. The van der Waals surface area contributed by atoms with Gasteiger partial charge in [0, 0.05) is 0 Å².